The Kier molecular flexibility index (Phi) is 8.24. The molecule has 0 spiro atoms. The van der Waals surface area contributed by atoms with Crippen LogP contribution >= 0.6 is 0 Å². The van der Waals surface area contributed by atoms with Crippen molar-refractivity contribution in [1.82, 2.24) is 10.6 Å². The average Bonchev–Trinajstić information content (AvgIpc) is 2.52. The zero-order valence-electron chi connectivity index (χ0n) is 16.5. The van der Waals surface area contributed by atoms with Crippen molar-refractivity contribution in [1.29, 1.82) is 0 Å². The topological polar surface area (TPSA) is 104 Å². The molecule has 0 aromatic heterocycles. The molecule has 0 aliphatic heterocycles. The number of hydrogen-bond acceptors (Lipinski definition) is 4. The number of rotatable bonds is 8. The summed E-state index contributed by atoms with van der Waals surface area (Å²) in [5.74, 6) is -0.601. The first-order chi connectivity index (χ1) is 12.0. The molecule has 1 rings (SSSR count). The second-order valence-corrected chi connectivity index (χ2v) is 8.22. The van der Waals surface area contributed by atoms with Crippen LogP contribution in [0.1, 0.15) is 46.6 Å². The van der Waals surface area contributed by atoms with E-state index in [0.717, 1.165) is 5.56 Å². The van der Waals surface area contributed by atoms with Crippen molar-refractivity contribution < 1.29 is 14.7 Å². The summed E-state index contributed by atoms with van der Waals surface area (Å²) in [6, 6.07) is 7.99. The fourth-order valence-electron chi connectivity index (χ4n) is 2.64. The van der Waals surface area contributed by atoms with Crippen LogP contribution in [0.2, 0.25) is 0 Å². The summed E-state index contributed by atoms with van der Waals surface area (Å²) in [5, 5.41) is 16.1. The largest absolute Gasteiger partial charge is 0.381 e. The fraction of sp³-hybridized carbons (Fsp3) is 0.600. The Morgan fingerprint density at radius 3 is 2.19 bits per heavy atom. The van der Waals surface area contributed by atoms with Gasteiger partial charge < -0.3 is 21.5 Å². The van der Waals surface area contributed by atoms with Gasteiger partial charge in [0.05, 0.1) is 12.1 Å². The predicted octanol–water partition coefficient (Wildman–Crippen LogP) is 1.36. The van der Waals surface area contributed by atoms with E-state index in [1.165, 1.54) is 0 Å². The number of nitrogens with two attached hydrogens (primary N) is 1. The van der Waals surface area contributed by atoms with Gasteiger partial charge in [0.2, 0.25) is 5.91 Å². The maximum atomic E-state index is 12.4. The van der Waals surface area contributed by atoms with Gasteiger partial charge in [-0.2, -0.15) is 0 Å². The third kappa shape index (κ3) is 7.97. The Balaban J connectivity index is 2.91. The highest BCUT2D eigenvalue weighted by molar-refractivity contribution is 5.85. The number of amides is 2. The highest BCUT2D eigenvalue weighted by atomic mass is 16.3. The van der Waals surface area contributed by atoms with E-state index in [4.69, 9.17) is 5.73 Å². The third-order valence-corrected chi connectivity index (χ3v) is 3.84. The lowest BCUT2D eigenvalue weighted by Crippen LogP contribution is -2.57. The van der Waals surface area contributed by atoms with E-state index in [1.54, 1.807) is 0 Å². The van der Waals surface area contributed by atoms with Gasteiger partial charge in [-0.25, -0.2) is 0 Å². The quantitative estimate of drug-likeness (QED) is 0.560. The number of aliphatic hydroxyl groups excluding tert-OH is 1. The van der Waals surface area contributed by atoms with Gasteiger partial charge in [0.1, 0.15) is 0 Å². The number of carbonyl (C=O) groups is 2. The molecular formula is C20H33N3O3. The first-order valence-corrected chi connectivity index (χ1v) is 9.09. The summed E-state index contributed by atoms with van der Waals surface area (Å²) in [7, 11) is 0. The maximum Gasteiger partial charge on any atom is 0.251 e. The molecule has 0 aliphatic rings. The Bertz CT molecular complexity index is 582. The summed E-state index contributed by atoms with van der Waals surface area (Å²) >= 11 is 0. The molecule has 0 bridgehead atoms. The Hall–Kier alpha value is -1.92. The Morgan fingerprint density at radius 1 is 1.12 bits per heavy atom. The van der Waals surface area contributed by atoms with E-state index < -0.39 is 29.6 Å². The van der Waals surface area contributed by atoms with E-state index in [2.05, 4.69) is 10.6 Å². The van der Waals surface area contributed by atoms with Crippen LogP contribution in [-0.4, -0.2) is 40.6 Å². The van der Waals surface area contributed by atoms with Crippen molar-refractivity contribution in [2.75, 3.05) is 0 Å². The van der Waals surface area contributed by atoms with Crippen LogP contribution in [0.4, 0.5) is 0 Å². The van der Waals surface area contributed by atoms with Crippen LogP contribution in [0.15, 0.2) is 30.3 Å². The lowest BCUT2D eigenvalue weighted by atomic mass is 9.98. The van der Waals surface area contributed by atoms with Crippen molar-refractivity contribution in [3.05, 3.63) is 35.9 Å². The Morgan fingerprint density at radius 2 is 1.69 bits per heavy atom. The molecule has 0 aliphatic carbocycles. The van der Waals surface area contributed by atoms with Crippen LogP contribution in [0, 0.1) is 5.92 Å². The van der Waals surface area contributed by atoms with Crippen LogP contribution in [0.3, 0.4) is 0 Å². The van der Waals surface area contributed by atoms with Crippen molar-refractivity contribution in [2.24, 2.45) is 11.7 Å². The summed E-state index contributed by atoms with van der Waals surface area (Å²) in [4.78, 5) is 24.8. The van der Waals surface area contributed by atoms with Crippen LogP contribution in [0.5, 0.6) is 0 Å². The van der Waals surface area contributed by atoms with Crippen molar-refractivity contribution in [3.8, 4) is 0 Å². The highest BCUT2D eigenvalue weighted by Crippen LogP contribution is 2.10. The first kappa shape index (κ1) is 22.1. The van der Waals surface area contributed by atoms with Gasteiger partial charge in [-0.1, -0.05) is 44.2 Å². The van der Waals surface area contributed by atoms with Crippen molar-refractivity contribution >= 4 is 11.8 Å². The maximum absolute atomic E-state index is 12.4. The molecule has 2 amide bonds. The van der Waals surface area contributed by atoms with Gasteiger partial charge in [-0.3, -0.25) is 9.59 Å². The second kappa shape index (κ2) is 9.69. The normalized spacial score (nSPS) is 15.2. The van der Waals surface area contributed by atoms with Crippen LogP contribution < -0.4 is 16.4 Å². The number of carbonyl (C=O) groups excluding carboxylic acids is 2. The molecule has 3 atom stereocenters. The van der Waals surface area contributed by atoms with E-state index >= 15 is 0 Å². The molecule has 0 fully saturated rings. The minimum Gasteiger partial charge on any atom is -0.381 e. The van der Waals surface area contributed by atoms with E-state index in [-0.39, 0.29) is 11.8 Å². The number of nitrogens with one attached hydrogen (secondary N) is 2. The van der Waals surface area contributed by atoms with Crippen molar-refractivity contribution in [3.63, 3.8) is 0 Å². The molecular weight excluding hydrogens is 330 g/mol. The van der Waals surface area contributed by atoms with Gasteiger partial charge in [-0.05, 0) is 45.1 Å². The third-order valence-electron chi connectivity index (χ3n) is 3.84. The van der Waals surface area contributed by atoms with Gasteiger partial charge in [-0.15, -0.1) is 0 Å². The fourth-order valence-corrected chi connectivity index (χ4v) is 2.64. The van der Waals surface area contributed by atoms with E-state index in [0.29, 0.717) is 12.8 Å². The monoisotopic (exact) mass is 363 g/mol. The summed E-state index contributed by atoms with van der Waals surface area (Å²) in [5.41, 5.74) is 6.38. The molecule has 0 saturated carbocycles. The molecule has 0 radical (unpaired) electrons. The van der Waals surface area contributed by atoms with E-state index in [1.807, 2.05) is 65.0 Å². The molecule has 2 unspecified atom stereocenters. The lowest BCUT2D eigenvalue weighted by Gasteiger charge is -2.28. The lowest BCUT2D eigenvalue weighted by molar-refractivity contribution is -0.133. The van der Waals surface area contributed by atoms with Gasteiger partial charge in [0.25, 0.3) is 5.91 Å². The van der Waals surface area contributed by atoms with Gasteiger partial charge in [0.15, 0.2) is 6.10 Å². The summed E-state index contributed by atoms with van der Waals surface area (Å²) in [6.07, 6.45) is -0.502. The molecule has 26 heavy (non-hydrogen) atoms. The molecule has 6 nitrogen and oxygen atoms in total. The van der Waals surface area contributed by atoms with Gasteiger partial charge in [0, 0.05) is 5.54 Å². The molecule has 5 N–H and O–H groups in total. The predicted molar refractivity (Wildman–Crippen MR) is 103 cm³/mol. The smallest absolute Gasteiger partial charge is 0.251 e. The standard InChI is InChI=1S/C20H33N3O3/c1-13(2)11-15(21)18(25)22-16(12-14-9-7-6-8-10-14)17(24)19(26)23-20(3,4)5/h6-10,13,15-17,24H,11-12,21H2,1-5H3,(H,22,25)(H,23,26)/t15-,16?,17?/m0/s1. The number of aliphatic hydroxyl groups is 1. The highest BCUT2D eigenvalue weighted by Gasteiger charge is 2.31. The molecule has 0 heterocycles. The first-order valence-electron chi connectivity index (χ1n) is 9.09. The van der Waals surface area contributed by atoms with Crippen LogP contribution in [-0.2, 0) is 16.0 Å². The number of benzene rings is 1. The minimum absolute atomic E-state index is 0.275. The van der Waals surface area contributed by atoms with Gasteiger partial charge >= 0.3 is 0 Å². The molecule has 1 aromatic carbocycles. The zero-order chi connectivity index (χ0) is 19.9. The molecule has 6 heteroatoms. The average molecular weight is 364 g/mol. The zero-order valence-corrected chi connectivity index (χ0v) is 16.5. The van der Waals surface area contributed by atoms with E-state index in [9.17, 15) is 14.7 Å². The van der Waals surface area contributed by atoms with Crippen LogP contribution in [0.25, 0.3) is 0 Å². The molecule has 146 valence electrons. The minimum atomic E-state index is -1.37. The second-order valence-electron chi connectivity index (χ2n) is 8.22. The number of hydrogen-bond donors (Lipinski definition) is 4. The Labute approximate surface area is 156 Å². The molecule has 1 aromatic rings. The van der Waals surface area contributed by atoms with Crippen molar-refractivity contribution in [2.45, 2.75) is 71.2 Å². The molecule has 0 saturated heterocycles. The SMILES string of the molecule is CC(C)C[C@H](N)C(=O)NC(Cc1ccccc1)C(O)C(=O)NC(C)(C)C. The summed E-state index contributed by atoms with van der Waals surface area (Å²) in [6.45, 7) is 9.48. The summed E-state index contributed by atoms with van der Waals surface area (Å²) < 4.78 is 0.